The minimum absolute atomic E-state index is 0.0941. The second kappa shape index (κ2) is 7.94. The highest BCUT2D eigenvalue weighted by Gasteiger charge is 2.32. The van der Waals surface area contributed by atoms with Crippen LogP contribution >= 0.6 is 0 Å². The molecule has 2 fully saturated rings. The Bertz CT molecular complexity index is 588. The van der Waals surface area contributed by atoms with E-state index in [2.05, 4.69) is 15.2 Å². The van der Waals surface area contributed by atoms with E-state index in [4.69, 9.17) is 9.47 Å². The van der Waals surface area contributed by atoms with E-state index in [0.717, 1.165) is 44.1 Å². The summed E-state index contributed by atoms with van der Waals surface area (Å²) in [6.07, 6.45) is 2.46. The smallest absolute Gasteiger partial charge is 0.194 e. The quantitative estimate of drug-likeness (QED) is 0.679. The molecule has 0 aliphatic carbocycles. The van der Waals surface area contributed by atoms with Gasteiger partial charge in [0.1, 0.15) is 11.9 Å². The van der Waals surface area contributed by atoms with Crippen molar-refractivity contribution < 1.29 is 13.9 Å². The first-order valence-corrected chi connectivity index (χ1v) is 8.61. The molecule has 6 heteroatoms. The number of benzene rings is 1. The first kappa shape index (κ1) is 17.2. The van der Waals surface area contributed by atoms with Gasteiger partial charge in [-0.25, -0.2) is 4.39 Å². The Morgan fingerprint density at radius 2 is 2.17 bits per heavy atom. The van der Waals surface area contributed by atoms with Crippen LogP contribution < -0.4 is 5.32 Å². The third-order valence-corrected chi connectivity index (χ3v) is 4.67. The Morgan fingerprint density at radius 3 is 2.88 bits per heavy atom. The molecule has 2 aliphatic rings. The predicted molar refractivity (Wildman–Crippen MR) is 91.6 cm³/mol. The molecule has 132 valence electrons. The van der Waals surface area contributed by atoms with Gasteiger partial charge < -0.3 is 19.7 Å². The fourth-order valence-corrected chi connectivity index (χ4v) is 3.25. The molecule has 0 aromatic heterocycles. The van der Waals surface area contributed by atoms with Gasteiger partial charge in [-0.2, -0.15) is 0 Å². The number of guanidine groups is 1. The van der Waals surface area contributed by atoms with Crippen molar-refractivity contribution in [2.75, 3.05) is 33.4 Å². The van der Waals surface area contributed by atoms with Crippen molar-refractivity contribution in [3.63, 3.8) is 0 Å². The van der Waals surface area contributed by atoms with Gasteiger partial charge in [-0.1, -0.05) is 12.1 Å². The highest BCUT2D eigenvalue weighted by molar-refractivity contribution is 5.80. The molecule has 2 saturated heterocycles. The van der Waals surface area contributed by atoms with Gasteiger partial charge in [0.15, 0.2) is 5.96 Å². The number of ether oxygens (including phenoxy) is 2. The number of rotatable bonds is 3. The van der Waals surface area contributed by atoms with Crippen LogP contribution in [0, 0.1) is 12.7 Å². The van der Waals surface area contributed by atoms with E-state index < -0.39 is 0 Å². The molecule has 0 amide bonds. The summed E-state index contributed by atoms with van der Waals surface area (Å²) in [6.45, 7) is 5.38. The van der Waals surface area contributed by atoms with Crippen molar-refractivity contribution in [3.8, 4) is 0 Å². The van der Waals surface area contributed by atoms with E-state index in [-0.39, 0.29) is 18.0 Å². The maximum atomic E-state index is 13.7. The van der Waals surface area contributed by atoms with Crippen LogP contribution in [-0.2, 0) is 16.0 Å². The summed E-state index contributed by atoms with van der Waals surface area (Å²) in [5.41, 5.74) is 1.57. The summed E-state index contributed by atoms with van der Waals surface area (Å²) in [5, 5.41) is 3.33. The van der Waals surface area contributed by atoms with Crippen LogP contribution in [-0.4, -0.2) is 56.4 Å². The second-order valence-corrected chi connectivity index (χ2v) is 6.39. The largest absolute Gasteiger partial charge is 0.375 e. The topological polar surface area (TPSA) is 46.1 Å². The van der Waals surface area contributed by atoms with Crippen molar-refractivity contribution in [1.29, 1.82) is 0 Å². The van der Waals surface area contributed by atoms with Crippen LogP contribution in [0.3, 0.4) is 0 Å². The lowest BCUT2D eigenvalue weighted by molar-refractivity contribution is -0.0817. The molecule has 0 radical (unpaired) electrons. The van der Waals surface area contributed by atoms with Gasteiger partial charge >= 0.3 is 0 Å². The molecule has 0 saturated carbocycles. The standard InChI is InChI=1S/C18H26FN3O2/c1-13-5-6-14(10-15(13)19)11-21-18(20-2)22-7-9-24-17(12-22)16-4-3-8-23-16/h5-6,10,16-17H,3-4,7-9,11-12H2,1-2H3,(H,20,21). The van der Waals surface area contributed by atoms with Gasteiger partial charge in [0.05, 0.1) is 12.7 Å². The van der Waals surface area contributed by atoms with Crippen molar-refractivity contribution in [2.24, 2.45) is 4.99 Å². The molecule has 2 atom stereocenters. The van der Waals surface area contributed by atoms with E-state index in [0.29, 0.717) is 18.7 Å². The minimum atomic E-state index is -0.172. The number of morpholine rings is 1. The minimum Gasteiger partial charge on any atom is -0.375 e. The average molecular weight is 335 g/mol. The summed E-state index contributed by atoms with van der Waals surface area (Å²) < 4.78 is 25.3. The Balaban J connectivity index is 1.57. The Hall–Kier alpha value is -1.66. The van der Waals surface area contributed by atoms with Gasteiger partial charge in [0.2, 0.25) is 0 Å². The number of aryl methyl sites for hydroxylation is 1. The highest BCUT2D eigenvalue weighted by Crippen LogP contribution is 2.21. The third kappa shape index (κ3) is 4.05. The average Bonchev–Trinajstić information content (AvgIpc) is 3.13. The predicted octanol–water partition coefficient (Wildman–Crippen LogP) is 2.09. The van der Waals surface area contributed by atoms with E-state index >= 15 is 0 Å². The summed E-state index contributed by atoms with van der Waals surface area (Å²) in [7, 11) is 1.77. The number of hydrogen-bond donors (Lipinski definition) is 1. The normalized spacial score (nSPS) is 25.1. The molecular weight excluding hydrogens is 309 g/mol. The molecule has 1 aromatic carbocycles. The summed E-state index contributed by atoms with van der Waals surface area (Å²) in [6, 6.07) is 5.31. The van der Waals surface area contributed by atoms with Crippen LogP contribution in [0.4, 0.5) is 4.39 Å². The van der Waals surface area contributed by atoms with Gasteiger partial charge in [-0.05, 0) is 37.0 Å². The fourth-order valence-electron chi connectivity index (χ4n) is 3.25. The first-order valence-electron chi connectivity index (χ1n) is 8.61. The number of halogens is 1. The molecule has 1 aromatic rings. The lowest BCUT2D eigenvalue weighted by atomic mass is 10.1. The van der Waals surface area contributed by atoms with E-state index in [1.54, 1.807) is 26.1 Å². The molecule has 1 N–H and O–H groups in total. The van der Waals surface area contributed by atoms with Crippen LogP contribution in [0.15, 0.2) is 23.2 Å². The van der Waals surface area contributed by atoms with Crippen LogP contribution in [0.5, 0.6) is 0 Å². The zero-order valence-electron chi connectivity index (χ0n) is 14.4. The lowest BCUT2D eigenvalue weighted by Crippen LogP contribution is -2.53. The van der Waals surface area contributed by atoms with E-state index in [9.17, 15) is 4.39 Å². The third-order valence-electron chi connectivity index (χ3n) is 4.67. The van der Waals surface area contributed by atoms with Crippen LogP contribution in [0.1, 0.15) is 24.0 Å². The molecule has 2 aliphatic heterocycles. The number of hydrogen-bond acceptors (Lipinski definition) is 3. The monoisotopic (exact) mass is 335 g/mol. The summed E-state index contributed by atoms with van der Waals surface area (Å²) in [5.74, 6) is 0.649. The van der Waals surface area contributed by atoms with Gasteiger partial charge in [-0.15, -0.1) is 0 Å². The van der Waals surface area contributed by atoms with Gasteiger partial charge in [0, 0.05) is 33.3 Å². The maximum Gasteiger partial charge on any atom is 0.194 e. The Labute approximate surface area is 142 Å². The number of aliphatic imine (C=N–C) groups is 1. The van der Waals surface area contributed by atoms with Crippen molar-refractivity contribution in [3.05, 3.63) is 35.1 Å². The van der Waals surface area contributed by atoms with Crippen molar-refractivity contribution in [1.82, 2.24) is 10.2 Å². The summed E-state index contributed by atoms with van der Waals surface area (Å²) >= 11 is 0. The van der Waals surface area contributed by atoms with Gasteiger partial charge in [0.25, 0.3) is 0 Å². The fraction of sp³-hybridized carbons (Fsp3) is 0.611. The Kier molecular flexibility index (Phi) is 5.68. The Morgan fingerprint density at radius 1 is 1.33 bits per heavy atom. The van der Waals surface area contributed by atoms with Gasteiger partial charge in [-0.3, -0.25) is 4.99 Å². The molecule has 2 heterocycles. The van der Waals surface area contributed by atoms with E-state index in [1.165, 1.54) is 0 Å². The molecule has 2 unspecified atom stereocenters. The van der Waals surface area contributed by atoms with Crippen LogP contribution in [0.2, 0.25) is 0 Å². The second-order valence-electron chi connectivity index (χ2n) is 6.39. The number of nitrogens with one attached hydrogen (secondary N) is 1. The van der Waals surface area contributed by atoms with E-state index in [1.807, 2.05) is 6.07 Å². The maximum absolute atomic E-state index is 13.7. The first-order chi connectivity index (χ1) is 11.7. The zero-order valence-corrected chi connectivity index (χ0v) is 14.4. The molecule has 0 bridgehead atoms. The highest BCUT2D eigenvalue weighted by atomic mass is 19.1. The number of nitrogens with zero attached hydrogens (tertiary/aromatic N) is 2. The van der Waals surface area contributed by atoms with Crippen molar-refractivity contribution >= 4 is 5.96 Å². The zero-order chi connectivity index (χ0) is 16.9. The lowest BCUT2D eigenvalue weighted by Gasteiger charge is -2.37. The van der Waals surface area contributed by atoms with Crippen LogP contribution in [0.25, 0.3) is 0 Å². The molecule has 24 heavy (non-hydrogen) atoms. The summed E-state index contributed by atoms with van der Waals surface area (Å²) in [4.78, 5) is 6.56. The molecular formula is C18H26FN3O2. The molecule has 0 spiro atoms. The molecule has 3 rings (SSSR count). The molecule has 5 nitrogen and oxygen atoms in total. The SMILES string of the molecule is CN=C(NCc1ccc(C)c(F)c1)N1CCOC(C2CCCO2)C1. The van der Waals surface area contributed by atoms with Crippen molar-refractivity contribution in [2.45, 2.75) is 38.5 Å².